The summed E-state index contributed by atoms with van der Waals surface area (Å²) in [6.45, 7) is 5.57. The minimum atomic E-state index is -0.955. The van der Waals surface area contributed by atoms with E-state index in [-0.39, 0.29) is 43.6 Å². The minimum Gasteiger partial charge on any atom is -0.379 e. The summed E-state index contributed by atoms with van der Waals surface area (Å²) in [4.78, 5) is 55.4. The fraction of sp³-hybridized carbons (Fsp3) is 0.524. The summed E-state index contributed by atoms with van der Waals surface area (Å²) < 4.78 is 5.45. The van der Waals surface area contributed by atoms with E-state index in [4.69, 9.17) is 10.5 Å². The number of amides is 4. The fourth-order valence-electron chi connectivity index (χ4n) is 4.35. The van der Waals surface area contributed by atoms with E-state index >= 15 is 0 Å². The number of nitrogens with two attached hydrogens (primary N) is 1. The molecule has 0 radical (unpaired) electrons. The van der Waals surface area contributed by atoms with Crippen molar-refractivity contribution in [2.24, 2.45) is 5.73 Å². The molecule has 4 amide bonds. The number of carbonyl (C=O) groups excluding carboxylic acids is 4. The highest BCUT2D eigenvalue weighted by Crippen LogP contribution is 2.34. The van der Waals surface area contributed by atoms with Crippen molar-refractivity contribution < 1.29 is 23.9 Å². The van der Waals surface area contributed by atoms with Gasteiger partial charge < -0.3 is 15.4 Å². The summed E-state index contributed by atoms with van der Waals surface area (Å²) in [5, 5.41) is 2.22. The predicted molar refractivity (Wildman–Crippen MR) is 126 cm³/mol. The zero-order chi connectivity index (χ0) is 22.0. The van der Waals surface area contributed by atoms with E-state index in [1.165, 1.54) is 0 Å². The van der Waals surface area contributed by atoms with Gasteiger partial charge in [0, 0.05) is 45.7 Å². The number of ether oxygens (including phenoxy) is 1. The van der Waals surface area contributed by atoms with Crippen LogP contribution in [0, 0.1) is 0 Å². The molecule has 182 valence electrons. The Kier molecular flexibility index (Phi) is 9.62. The number of fused-ring (bicyclic) bond motifs is 1. The van der Waals surface area contributed by atoms with Crippen LogP contribution in [0.5, 0.6) is 0 Å². The number of hydrogen-bond acceptors (Lipinski definition) is 8. The lowest BCUT2D eigenvalue weighted by Gasteiger charge is -2.36. The van der Waals surface area contributed by atoms with Crippen LogP contribution in [0.4, 0.5) is 5.69 Å². The molecular formula is C21H29Cl2N5O5. The molecule has 0 spiro atoms. The molecular weight excluding hydrogens is 473 g/mol. The second-order valence-corrected chi connectivity index (χ2v) is 7.88. The number of piperazine rings is 1. The number of hydrogen-bond donors (Lipinski definition) is 2. The molecule has 2 saturated heterocycles. The summed E-state index contributed by atoms with van der Waals surface area (Å²) in [6, 6.07) is 4.28. The number of halogens is 2. The standard InChI is InChI=1S/C21H27N5O5.2ClH/c22-6-12-31-13-11-24-7-9-25(10-8-24)15-3-1-2-14-18(15)21(30)26(20(14)29)16-4-5-17(27)23-19(16)28;;/h1-3,16H,4-13,22H2,(H,23,27,28);2*1H. The third kappa shape index (κ3) is 5.47. The first-order valence-corrected chi connectivity index (χ1v) is 10.6. The number of nitrogens with zero attached hydrogens (tertiary/aromatic N) is 3. The average Bonchev–Trinajstić information content (AvgIpc) is 3.02. The van der Waals surface area contributed by atoms with E-state index < -0.39 is 23.8 Å². The zero-order valence-electron chi connectivity index (χ0n) is 18.2. The molecule has 3 heterocycles. The quantitative estimate of drug-likeness (QED) is 0.395. The van der Waals surface area contributed by atoms with Gasteiger partial charge in [-0.15, -0.1) is 24.8 Å². The van der Waals surface area contributed by atoms with Crippen LogP contribution in [0.1, 0.15) is 33.6 Å². The van der Waals surface area contributed by atoms with E-state index in [1.807, 2.05) is 6.07 Å². The molecule has 2 fully saturated rings. The molecule has 3 aliphatic heterocycles. The summed E-state index contributed by atoms with van der Waals surface area (Å²) in [5.41, 5.74) is 6.80. The number of nitrogens with one attached hydrogen (secondary N) is 1. The van der Waals surface area contributed by atoms with E-state index in [0.717, 1.165) is 24.5 Å². The topological polar surface area (TPSA) is 125 Å². The molecule has 3 N–H and O–H groups in total. The average molecular weight is 502 g/mol. The Bertz CT molecular complexity index is 907. The first-order valence-electron chi connectivity index (χ1n) is 10.6. The summed E-state index contributed by atoms with van der Waals surface area (Å²) in [7, 11) is 0. The number of benzene rings is 1. The molecule has 0 aliphatic carbocycles. The third-order valence-electron chi connectivity index (χ3n) is 5.97. The van der Waals surface area contributed by atoms with Gasteiger partial charge in [-0.05, 0) is 18.6 Å². The maximum absolute atomic E-state index is 13.2. The molecule has 1 unspecified atom stereocenters. The van der Waals surface area contributed by atoms with Gasteiger partial charge in [-0.25, -0.2) is 0 Å². The van der Waals surface area contributed by atoms with Gasteiger partial charge in [0.15, 0.2) is 0 Å². The van der Waals surface area contributed by atoms with Gasteiger partial charge in [0.1, 0.15) is 6.04 Å². The number of anilines is 1. The van der Waals surface area contributed by atoms with Crippen molar-refractivity contribution in [3.05, 3.63) is 29.3 Å². The molecule has 3 aliphatic rings. The Morgan fingerprint density at radius 1 is 1.00 bits per heavy atom. The monoisotopic (exact) mass is 501 g/mol. The largest absolute Gasteiger partial charge is 0.379 e. The highest BCUT2D eigenvalue weighted by Gasteiger charge is 2.46. The molecule has 10 nitrogen and oxygen atoms in total. The fourth-order valence-corrected chi connectivity index (χ4v) is 4.35. The van der Waals surface area contributed by atoms with E-state index in [2.05, 4.69) is 15.1 Å². The van der Waals surface area contributed by atoms with E-state index in [1.54, 1.807) is 12.1 Å². The molecule has 0 aromatic heterocycles. The van der Waals surface area contributed by atoms with Crippen LogP contribution in [0.25, 0.3) is 0 Å². The summed E-state index contributed by atoms with van der Waals surface area (Å²) >= 11 is 0. The van der Waals surface area contributed by atoms with Crippen LogP contribution < -0.4 is 16.0 Å². The number of piperidine rings is 1. The molecule has 0 bridgehead atoms. The van der Waals surface area contributed by atoms with Crippen molar-refractivity contribution in [2.45, 2.75) is 18.9 Å². The van der Waals surface area contributed by atoms with E-state index in [0.29, 0.717) is 49.7 Å². The smallest absolute Gasteiger partial charge is 0.264 e. The van der Waals surface area contributed by atoms with Crippen LogP contribution in [0.3, 0.4) is 0 Å². The Labute approximate surface area is 204 Å². The predicted octanol–water partition coefficient (Wildman–Crippen LogP) is 0.0287. The van der Waals surface area contributed by atoms with Gasteiger partial charge in [0.05, 0.1) is 30.0 Å². The van der Waals surface area contributed by atoms with Crippen LogP contribution >= 0.6 is 24.8 Å². The van der Waals surface area contributed by atoms with Gasteiger partial charge in [0.25, 0.3) is 11.8 Å². The van der Waals surface area contributed by atoms with Crippen molar-refractivity contribution in [3.8, 4) is 0 Å². The normalized spacial score (nSPS) is 20.8. The van der Waals surface area contributed by atoms with E-state index in [9.17, 15) is 19.2 Å². The first-order chi connectivity index (χ1) is 15.0. The SMILES string of the molecule is Cl.Cl.NCCOCCN1CCN(c2cccc3c2C(=O)N(C2CCC(=O)NC2=O)C3=O)CC1. The Morgan fingerprint density at radius 3 is 2.39 bits per heavy atom. The van der Waals surface area contributed by atoms with Crippen LogP contribution in [0.15, 0.2) is 18.2 Å². The van der Waals surface area contributed by atoms with Gasteiger partial charge in [-0.3, -0.25) is 34.3 Å². The zero-order valence-corrected chi connectivity index (χ0v) is 19.8. The maximum atomic E-state index is 13.2. The minimum absolute atomic E-state index is 0. The third-order valence-corrected chi connectivity index (χ3v) is 5.97. The highest BCUT2D eigenvalue weighted by atomic mass is 35.5. The second kappa shape index (κ2) is 11.8. The maximum Gasteiger partial charge on any atom is 0.264 e. The molecule has 4 rings (SSSR count). The lowest BCUT2D eigenvalue weighted by molar-refractivity contribution is -0.136. The van der Waals surface area contributed by atoms with Crippen LogP contribution in [0.2, 0.25) is 0 Å². The Morgan fingerprint density at radius 2 is 1.73 bits per heavy atom. The molecule has 12 heteroatoms. The number of carbonyl (C=O) groups is 4. The summed E-state index contributed by atoms with van der Waals surface area (Å²) in [6.07, 6.45) is 0.254. The van der Waals surface area contributed by atoms with Crippen molar-refractivity contribution in [1.29, 1.82) is 0 Å². The van der Waals surface area contributed by atoms with Crippen molar-refractivity contribution >= 4 is 54.1 Å². The van der Waals surface area contributed by atoms with Gasteiger partial charge >= 0.3 is 0 Å². The highest BCUT2D eigenvalue weighted by molar-refractivity contribution is 6.25. The Balaban J connectivity index is 0.00000193. The van der Waals surface area contributed by atoms with Gasteiger partial charge in [0.2, 0.25) is 11.8 Å². The molecule has 33 heavy (non-hydrogen) atoms. The van der Waals surface area contributed by atoms with Crippen molar-refractivity contribution in [2.75, 3.05) is 57.4 Å². The first kappa shape index (κ1) is 27.0. The summed E-state index contributed by atoms with van der Waals surface area (Å²) in [5.74, 6) is -1.93. The van der Waals surface area contributed by atoms with Gasteiger partial charge in [-0.2, -0.15) is 0 Å². The van der Waals surface area contributed by atoms with Crippen LogP contribution in [-0.4, -0.2) is 92.0 Å². The lowest BCUT2D eigenvalue weighted by Crippen LogP contribution is -2.54. The molecule has 1 aromatic carbocycles. The molecule has 0 saturated carbocycles. The number of imide groups is 2. The van der Waals surface area contributed by atoms with Gasteiger partial charge in [-0.1, -0.05) is 6.07 Å². The van der Waals surface area contributed by atoms with Crippen molar-refractivity contribution in [3.63, 3.8) is 0 Å². The Hall–Kier alpha value is -2.24. The second-order valence-electron chi connectivity index (χ2n) is 7.88. The van der Waals surface area contributed by atoms with Crippen molar-refractivity contribution in [1.82, 2.24) is 15.1 Å². The molecule has 1 atom stereocenters. The lowest BCUT2D eigenvalue weighted by atomic mass is 10.0. The molecule has 1 aromatic rings. The number of rotatable bonds is 7. The van der Waals surface area contributed by atoms with Crippen LogP contribution in [-0.2, 0) is 14.3 Å².